The molecule has 0 saturated carbocycles. The van der Waals surface area contributed by atoms with E-state index in [0.29, 0.717) is 18.1 Å². The molecular weight excluding hydrogens is 515 g/mol. The van der Waals surface area contributed by atoms with Crippen LogP contribution in [-0.2, 0) is 11.4 Å². The number of hydrazone groups is 1. The van der Waals surface area contributed by atoms with Gasteiger partial charge < -0.3 is 9.47 Å². The maximum Gasteiger partial charge on any atom is 0.277 e. The summed E-state index contributed by atoms with van der Waals surface area (Å²) >= 11 is 2.22. The van der Waals surface area contributed by atoms with Crippen LogP contribution in [-0.4, -0.2) is 18.7 Å². The van der Waals surface area contributed by atoms with Gasteiger partial charge in [-0.1, -0.05) is 60.7 Å². The Labute approximate surface area is 200 Å². The molecule has 4 aromatic carbocycles. The molecule has 0 atom stereocenters. The highest BCUT2D eigenvalue weighted by Crippen LogP contribution is 2.27. The maximum atomic E-state index is 12.2. The van der Waals surface area contributed by atoms with E-state index in [4.69, 9.17) is 9.47 Å². The summed E-state index contributed by atoms with van der Waals surface area (Å²) in [5.41, 5.74) is 4.40. The minimum atomic E-state index is -0.341. The molecule has 6 heteroatoms. The Bertz CT molecular complexity index is 1230. The molecule has 4 rings (SSSR count). The van der Waals surface area contributed by atoms with E-state index >= 15 is 0 Å². The zero-order valence-electron chi connectivity index (χ0n) is 17.2. The highest BCUT2D eigenvalue weighted by atomic mass is 127. The summed E-state index contributed by atoms with van der Waals surface area (Å²) in [5, 5.41) is 6.20. The topological polar surface area (TPSA) is 59.9 Å². The lowest BCUT2D eigenvalue weighted by Gasteiger charge is -2.12. The molecule has 0 fully saturated rings. The Morgan fingerprint density at radius 2 is 1.62 bits per heavy atom. The quantitative estimate of drug-likeness (QED) is 0.183. The molecule has 0 radical (unpaired) electrons. The van der Waals surface area contributed by atoms with Gasteiger partial charge in [-0.2, -0.15) is 5.10 Å². The number of benzene rings is 4. The third-order valence-corrected chi connectivity index (χ3v) is 5.45. The second-order valence-electron chi connectivity index (χ2n) is 7.01. The van der Waals surface area contributed by atoms with Gasteiger partial charge in [-0.3, -0.25) is 4.79 Å². The SMILES string of the molecule is O=C(COc1ccc(I)cc1)N/N=C/c1c(OCc2ccccc2)ccc2ccccc12. The molecule has 0 spiro atoms. The van der Waals surface area contributed by atoms with E-state index in [9.17, 15) is 4.79 Å². The van der Waals surface area contributed by atoms with Crippen molar-refractivity contribution >= 4 is 45.5 Å². The first-order valence-electron chi connectivity index (χ1n) is 10.1. The number of ether oxygens (including phenoxy) is 2. The highest BCUT2D eigenvalue weighted by molar-refractivity contribution is 14.1. The van der Waals surface area contributed by atoms with Gasteiger partial charge in [0.25, 0.3) is 5.91 Å². The van der Waals surface area contributed by atoms with Crippen molar-refractivity contribution in [1.29, 1.82) is 0 Å². The van der Waals surface area contributed by atoms with Crippen molar-refractivity contribution in [3.05, 3.63) is 106 Å². The number of hydrogen-bond donors (Lipinski definition) is 1. The first-order valence-corrected chi connectivity index (χ1v) is 11.2. The van der Waals surface area contributed by atoms with Gasteiger partial charge in [0.2, 0.25) is 0 Å². The molecule has 5 nitrogen and oxygen atoms in total. The van der Waals surface area contributed by atoms with Crippen LogP contribution in [0, 0.1) is 3.57 Å². The Kier molecular flexibility index (Phi) is 7.34. The largest absolute Gasteiger partial charge is 0.488 e. The molecular formula is C26H21IN2O3. The van der Waals surface area contributed by atoms with Crippen molar-refractivity contribution in [2.24, 2.45) is 5.10 Å². The lowest BCUT2D eigenvalue weighted by atomic mass is 10.0. The maximum absolute atomic E-state index is 12.2. The van der Waals surface area contributed by atoms with Crippen molar-refractivity contribution < 1.29 is 14.3 Å². The number of hydrogen-bond acceptors (Lipinski definition) is 4. The first-order chi connectivity index (χ1) is 15.7. The Balaban J connectivity index is 1.45. The van der Waals surface area contributed by atoms with Gasteiger partial charge in [-0.25, -0.2) is 5.43 Å². The zero-order valence-corrected chi connectivity index (χ0v) is 19.4. The van der Waals surface area contributed by atoms with Gasteiger partial charge in [-0.05, 0) is 69.3 Å². The van der Waals surface area contributed by atoms with Crippen LogP contribution in [0.3, 0.4) is 0 Å². The van der Waals surface area contributed by atoms with Crippen LogP contribution in [0.2, 0.25) is 0 Å². The predicted molar refractivity (Wildman–Crippen MR) is 135 cm³/mol. The molecule has 1 N–H and O–H groups in total. The fourth-order valence-corrected chi connectivity index (χ4v) is 3.51. The number of nitrogens with zero attached hydrogens (tertiary/aromatic N) is 1. The molecule has 4 aromatic rings. The van der Waals surface area contributed by atoms with E-state index in [-0.39, 0.29) is 12.5 Å². The van der Waals surface area contributed by atoms with Crippen LogP contribution in [0.25, 0.3) is 10.8 Å². The predicted octanol–water partition coefficient (Wildman–Crippen LogP) is 5.55. The Hall–Kier alpha value is -3.39. The lowest BCUT2D eigenvalue weighted by Crippen LogP contribution is -2.24. The number of rotatable bonds is 8. The summed E-state index contributed by atoms with van der Waals surface area (Å²) in [7, 11) is 0. The minimum absolute atomic E-state index is 0.120. The van der Waals surface area contributed by atoms with Crippen molar-refractivity contribution in [1.82, 2.24) is 5.43 Å². The smallest absolute Gasteiger partial charge is 0.277 e. The van der Waals surface area contributed by atoms with E-state index in [1.807, 2.05) is 91.0 Å². The molecule has 0 unspecified atom stereocenters. The summed E-state index contributed by atoms with van der Waals surface area (Å²) in [6, 6.07) is 29.4. The average molecular weight is 536 g/mol. The Morgan fingerprint density at radius 3 is 2.44 bits per heavy atom. The van der Waals surface area contributed by atoms with Crippen molar-refractivity contribution in [3.8, 4) is 11.5 Å². The fourth-order valence-electron chi connectivity index (χ4n) is 3.15. The second kappa shape index (κ2) is 10.8. The molecule has 32 heavy (non-hydrogen) atoms. The third kappa shape index (κ3) is 5.85. The van der Waals surface area contributed by atoms with E-state index in [0.717, 1.165) is 25.5 Å². The molecule has 0 saturated heterocycles. The van der Waals surface area contributed by atoms with Crippen LogP contribution in [0.5, 0.6) is 11.5 Å². The number of fused-ring (bicyclic) bond motifs is 1. The molecule has 0 bridgehead atoms. The average Bonchev–Trinajstić information content (AvgIpc) is 2.83. The normalized spacial score (nSPS) is 10.9. The van der Waals surface area contributed by atoms with E-state index < -0.39 is 0 Å². The zero-order chi connectivity index (χ0) is 22.2. The van der Waals surface area contributed by atoms with E-state index in [2.05, 4.69) is 33.1 Å². The molecule has 0 aliphatic carbocycles. The number of nitrogens with one attached hydrogen (secondary N) is 1. The molecule has 0 heterocycles. The van der Waals surface area contributed by atoms with Crippen molar-refractivity contribution in [2.75, 3.05) is 6.61 Å². The van der Waals surface area contributed by atoms with Gasteiger partial charge in [0, 0.05) is 9.13 Å². The minimum Gasteiger partial charge on any atom is -0.488 e. The van der Waals surface area contributed by atoms with E-state index in [1.54, 1.807) is 6.21 Å². The van der Waals surface area contributed by atoms with E-state index in [1.165, 1.54) is 0 Å². The first kappa shape index (κ1) is 21.8. The standard InChI is InChI=1S/C26H21IN2O3/c27-21-11-13-22(14-12-21)31-18-26(30)29-28-16-24-23-9-5-4-8-20(23)10-15-25(24)32-17-19-6-2-1-3-7-19/h1-16H,17-18H2,(H,29,30)/b28-16+. The van der Waals surface area contributed by atoms with Crippen molar-refractivity contribution in [3.63, 3.8) is 0 Å². The number of amides is 1. The summed E-state index contributed by atoms with van der Waals surface area (Å²) in [4.78, 5) is 12.2. The molecule has 0 aromatic heterocycles. The Morgan fingerprint density at radius 1 is 0.875 bits per heavy atom. The summed E-state index contributed by atoms with van der Waals surface area (Å²) in [6.07, 6.45) is 1.62. The third-order valence-electron chi connectivity index (χ3n) is 4.73. The monoisotopic (exact) mass is 536 g/mol. The molecule has 0 aliphatic heterocycles. The molecule has 160 valence electrons. The molecule has 1 amide bonds. The van der Waals surface area contributed by atoms with Crippen LogP contribution in [0.1, 0.15) is 11.1 Å². The second-order valence-corrected chi connectivity index (χ2v) is 8.25. The van der Waals surface area contributed by atoms with Gasteiger partial charge in [0.1, 0.15) is 18.1 Å². The highest BCUT2D eigenvalue weighted by Gasteiger charge is 2.08. The number of halogens is 1. The van der Waals surface area contributed by atoms with Gasteiger partial charge in [0.15, 0.2) is 6.61 Å². The van der Waals surface area contributed by atoms with Crippen LogP contribution >= 0.6 is 22.6 Å². The summed E-state index contributed by atoms with van der Waals surface area (Å²) in [6.45, 7) is 0.321. The fraction of sp³-hybridized carbons (Fsp3) is 0.0769. The number of carbonyl (C=O) groups is 1. The van der Waals surface area contributed by atoms with Crippen LogP contribution < -0.4 is 14.9 Å². The van der Waals surface area contributed by atoms with Crippen molar-refractivity contribution in [2.45, 2.75) is 6.61 Å². The van der Waals surface area contributed by atoms with Gasteiger partial charge in [-0.15, -0.1) is 0 Å². The van der Waals surface area contributed by atoms with Crippen LogP contribution in [0.4, 0.5) is 0 Å². The number of carbonyl (C=O) groups excluding carboxylic acids is 1. The van der Waals surface area contributed by atoms with Crippen LogP contribution in [0.15, 0.2) is 96.1 Å². The van der Waals surface area contributed by atoms with Gasteiger partial charge >= 0.3 is 0 Å². The lowest BCUT2D eigenvalue weighted by molar-refractivity contribution is -0.123. The molecule has 0 aliphatic rings. The summed E-state index contributed by atoms with van der Waals surface area (Å²) < 4.78 is 12.7. The summed E-state index contributed by atoms with van der Waals surface area (Å²) in [5.74, 6) is 0.989. The van der Waals surface area contributed by atoms with Gasteiger partial charge in [0.05, 0.1) is 6.21 Å².